The van der Waals surface area contributed by atoms with E-state index in [-0.39, 0.29) is 65.8 Å². The Bertz CT molecular complexity index is 2320. The van der Waals surface area contributed by atoms with Gasteiger partial charge in [-0.15, -0.1) is 0 Å². The molecule has 0 spiro atoms. The van der Waals surface area contributed by atoms with E-state index >= 15 is 0 Å². The molecule has 0 N–H and O–H groups in total. The first-order chi connectivity index (χ1) is 36.2. The summed E-state index contributed by atoms with van der Waals surface area (Å²) in [5.41, 5.74) is 3.30. The van der Waals surface area contributed by atoms with Crippen LogP contribution in [-0.2, 0) is 34.1 Å². The van der Waals surface area contributed by atoms with Gasteiger partial charge in [0.15, 0.2) is 0 Å². The molecule has 4 saturated carbocycles. The molecule has 0 radical (unpaired) electrons. The summed E-state index contributed by atoms with van der Waals surface area (Å²) in [7, 11) is 3.63. The molecule has 0 bridgehead atoms. The first-order valence-electron chi connectivity index (χ1n) is 29.4. The van der Waals surface area contributed by atoms with Crippen LogP contribution in [0.4, 0.5) is 0 Å². The van der Waals surface area contributed by atoms with Crippen molar-refractivity contribution in [3.63, 3.8) is 0 Å². The van der Waals surface area contributed by atoms with Crippen molar-refractivity contribution in [2.75, 3.05) is 14.1 Å². The third kappa shape index (κ3) is 19.0. The average molecular weight is 1190 g/mol. The molecule has 4 aliphatic rings. The number of hydrogen-bond donors (Lipinski definition) is 0. The molecule has 418 valence electrons. The molecule has 0 amide bonds. The molecule has 7 heteroatoms. The maximum absolute atomic E-state index is 2.61. The smallest absolute Gasteiger partial charge is 0.00953 e. The van der Waals surface area contributed by atoms with Crippen LogP contribution in [0.15, 0.2) is 182 Å². The average Bonchev–Trinajstić information content (AvgIpc) is 4.31. The third-order valence-electron chi connectivity index (χ3n) is 16.8. The van der Waals surface area contributed by atoms with Gasteiger partial charge in [0.25, 0.3) is 0 Å². The number of hydrogen-bond acceptors (Lipinski definition) is 1. The predicted octanol–water partition coefficient (Wildman–Crippen LogP) is 18.0. The van der Waals surface area contributed by atoms with Gasteiger partial charge in [-0.25, -0.2) is 0 Å². The van der Waals surface area contributed by atoms with Gasteiger partial charge in [-0.1, -0.05) is 296 Å². The van der Waals surface area contributed by atoms with Gasteiger partial charge in [-0.3, -0.25) is 0 Å². The first kappa shape index (κ1) is 65.8. The Kier molecular flexibility index (Phi) is 28.4. The molecule has 4 unspecified atom stereocenters. The molecule has 6 aromatic carbocycles. The first-order valence-corrected chi connectivity index (χ1v) is 35.0. The van der Waals surface area contributed by atoms with E-state index in [1.54, 1.807) is 21.2 Å². The van der Waals surface area contributed by atoms with Gasteiger partial charge < -0.3 is 4.90 Å². The van der Waals surface area contributed by atoms with E-state index in [1.165, 1.54) is 107 Å². The van der Waals surface area contributed by atoms with Crippen LogP contribution in [0, 0.1) is 11.8 Å². The molecule has 4 fully saturated rings. The second-order valence-corrected chi connectivity index (χ2v) is 35.9. The van der Waals surface area contributed by atoms with E-state index in [9.17, 15) is 0 Å². The van der Waals surface area contributed by atoms with Crippen LogP contribution in [0.1, 0.15) is 152 Å². The van der Waals surface area contributed by atoms with Gasteiger partial charge >= 0.3 is 0 Å². The largest absolute Gasteiger partial charge is 0.306 e. The zero-order valence-corrected chi connectivity index (χ0v) is 54.7. The van der Waals surface area contributed by atoms with Crippen LogP contribution in [0.3, 0.4) is 0 Å². The molecule has 0 saturated heterocycles. The summed E-state index contributed by atoms with van der Waals surface area (Å²) in [6.07, 6.45) is 21.5. The van der Waals surface area contributed by atoms with Gasteiger partial charge in [0.2, 0.25) is 0 Å². The zero-order valence-electron chi connectivity index (χ0n) is 48.9. The van der Waals surface area contributed by atoms with E-state index in [2.05, 4.69) is 256 Å². The molecule has 0 aromatic heterocycles. The van der Waals surface area contributed by atoms with E-state index < -0.39 is 0 Å². The van der Waals surface area contributed by atoms with Crippen molar-refractivity contribution in [1.82, 2.24) is 4.90 Å². The van der Waals surface area contributed by atoms with Crippen LogP contribution in [-0.4, -0.2) is 58.0 Å². The predicted molar refractivity (Wildman–Crippen MR) is 344 cm³/mol. The summed E-state index contributed by atoms with van der Waals surface area (Å²) in [5.74, 6) is 1.64. The molecule has 77 heavy (non-hydrogen) atoms. The van der Waals surface area contributed by atoms with Crippen molar-refractivity contribution in [2.45, 2.75) is 191 Å². The molecule has 0 aliphatic heterocycles. The van der Waals surface area contributed by atoms with Crippen molar-refractivity contribution in [2.24, 2.45) is 11.8 Å². The van der Waals surface area contributed by atoms with Gasteiger partial charge in [0.05, 0.1) is 0 Å². The van der Waals surface area contributed by atoms with E-state index in [0.717, 1.165) is 34.5 Å². The SMILES string of the molecule is C1CCCC1.C[C@H](C1CCCC1P(c1ccccc1)c1ccccc1)N(C)C.C[C@H](C1CCCC1P(c1ccccc1)c1ccccc1)P(C(C)(C)C)C(C)(C)C.[Fe].[Fe].c1ccc(P(c2ccccc2)C2CCCC2)cc1. The van der Waals surface area contributed by atoms with E-state index in [4.69, 9.17) is 0 Å². The Morgan fingerprint density at radius 3 is 0.909 bits per heavy atom. The van der Waals surface area contributed by atoms with Crippen molar-refractivity contribution in [1.29, 1.82) is 0 Å². The second-order valence-electron chi connectivity index (χ2n) is 24.3. The van der Waals surface area contributed by atoms with Gasteiger partial charge in [-0.05, 0) is 160 Å². The third-order valence-corrected chi connectivity index (χ3v) is 29.8. The van der Waals surface area contributed by atoms with Gasteiger partial charge in [-0.2, -0.15) is 0 Å². The number of benzene rings is 6. The van der Waals surface area contributed by atoms with Crippen molar-refractivity contribution >= 4 is 63.5 Å². The van der Waals surface area contributed by atoms with Crippen molar-refractivity contribution in [3.8, 4) is 0 Å². The molecule has 0 heterocycles. The molecule has 10 rings (SSSR count). The molecule has 4 aliphatic carbocycles. The number of nitrogens with zero attached hydrogens (tertiary/aromatic N) is 1. The zero-order chi connectivity index (χ0) is 53.2. The summed E-state index contributed by atoms with van der Waals surface area (Å²) in [5, 5.41) is 10.1. The Balaban J connectivity index is 0.000000205. The van der Waals surface area contributed by atoms with Gasteiger partial charge in [0.1, 0.15) is 0 Å². The summed E-state index contributed by atoms with van der Waals surface area (Å²) in [4.78, 5) is 2.41. The fraction of sp³-hybridized carbons (Fsp3) is 0.486. The molecule has 1 nitrogen and oxygen atoms in total. The normalized spacial score (nSPS) is 20.3. The summed E-state index contributed by atoms with van der Waals surface area (Å²) in [6, 6.07) is 68.1. The van der Waals surface area contributed by atoms with Gasteiger partial charge in [0, 0.05) is 40.2 Å². The quantitative estimate of drug-likeness (QED) is 0.0823. The topological polar surface area (TPSA) is 3.24 Å². The summed E-state index contributed by atoms with van der Waals surface area (Å²) >= 11 is 0. The Hall–Kier alpha value is -1.96. The maximum Gasteiger partial charge on any atom is 0.00953 e. The minimum atomic E-state index is -0.310. The fourth-order valence-electron chi connectivity index (χ4n) is 13.7. The monoisotopic (exact) mass is 1190 g/mol. The molecule has 6 atom stereocenters. The van der Waals surface area contributed by atoms with Crippen LogP contribution < -0.4 is 31.8 Å². The molecule has 6 aromatic rings. The Morgan fingerprint density at radius 2 is 0.623 bits per heavy atom. The van der Waals surface area contributed by atoms with E-state index in [1.807, 2.05) is 0 Å². The summed E-state index contributed by atoms with van der Waals surface area (Å²) in [6.45, 7) is 19.9. The molecular formula is C70H97Fe2NP4. The Labute approximate surface area is 497 Å². The van der Waals surface area contributed by atoms with Crippen molar-refractivity contribution in [3.05, 3.63) is 182 Å². The van der Waals surface area contributed by atoms with Crippen LogP contribution in [0.5, 0.6) is 0 Å². The Morgan fingerprint density at radius 1 is 0.351 bits per heavy atom. The number of rotatable bonds is 13. The van der Waals surface area contributed by atoms with Crippen LogP contribution >= 0.6 is 31.7 Å². The van der Waals surface area contributed by atoms with E-state index in [0.29, 0.717) is 16.4 Å². The van der Waals surface area contributed by atoms with Crippen molar-refractivity contribution < 1.29 is 34.1 Å². The van der Waals surface area contributed by atoms with Crippen LogP contribution in [0.25, 0.3) is 0 Å². The summed E-state index contributed by atoms with van der Waals surface area (Å²) < 4.78 is 0. The minimum Gasteiger partial charge on any atom is -0.306 e. The fourth-order valence-corrected chi connectivity index (χ4v) is 28.6. The van der Waals surface area contributed by atoms with Crippen LogP contribution in [0.2, 0.25) is 0 Å². The minimum absolute atomic E-state index is 0. The molecular weight excluding hydrogens is 1090 g/mol. The maximum atomic E-state index is 2.61. The second kappa shape index (κ2) is 33.2. The standard InChI is InChI=1S/C27H40P2.C21H28NP.C17H19P.C5H10.2Fe/c1-21(29(26(2,3)4)27(5,6)7)24-19-14-20-25(24)28(22-15-10-8-11-16-22)23-17-12-9-13-18-23;1-17(22(2)3)20-15-10-16-21(20)23(18-11-6-4-7-12-18)19-13-8-5-9-14-19;1-3-9-15(10-4-1)18(17-13-7-8-14-17)16-11-5-2-6-12-16;1-2-4-5-3-1;;/h8-13,15-18,21,24-25H,14,19-20H2,1-7H3;4-9,11-14,17,20-21H,10,15-16H2,1-3H3;1-6,9-12,17H,7-8,13-14H2;1-5H2;;/t21-,24?,25?;17-,20?,21?;;;;/m11..../s1.